The molecule has 5 heteroatoms. The normalized spacial score (nSPS) is 11.2. The van der Waals surface area contributed by atoms with E-state index in [9.17, 15) is 10.0 Å². The number of hydrogen-bond acceptors (Lipinski definition) is 3. The van der Waals surface area contributed by atoms with Gasteiger partial charge in [-0.25, -0.2) is 0 Å². The van der Waals surface area contributed by atoms with Crippen molar-refractivity contribution in [1.29, 1.82) is 0 Å². The minimum absolute atomic E-state index is 0.467. The summed E-state index contributed by atoms with van der Waals surface area (Å²) < 4.78 is 8.30. The Hall–Kier alpha value is -3.54. The summed E-state index contributed by atoms with van der Waals surface area (Å²) >= 11 is 0. The van der Waals surface area contributed by atoms with Crippen molar-refractivity contribution in [2.24, 2.45) is 0 Å². The van der Waals surface area contributed by atoms with Gasteiger partial charge in [-0.05, 0) is 41.9 Å². The Bertz CT molecular complexity index is 1530. The first-order valence-electron chi connectivity index (χ1n) is 10.5. The third-order valence-corrected chi connectivity index (χ3v) is 5.60. The van der Waals surface area contributed by atoms with Gasteiger partial charge in [0.15, 0.2) is 0 Å². The quantitative estimate of drug-likeness (QED) is 0.379. The second-order valence-corrected chi connectivity index (χ2v) is 7.28. The second kappa shape index (κ2) is 7.62. The van der Waals surface area contributed by atoms with Crippen LogP contribution in [0.25, 0.3) is 49.4 Å². The van der Waals surface area contributed by atoms with Crippen LogP contribution in [0.1, 0.15) is 13.8 Å². The van der Waals surface area contributed by atoms with E-state index in [1.165, 1.54) is 0 Å². The smallest absolute Gasteiger partial charge is 0.456 e. The molecule has 0 amide bonds. The number of nitrogens with zero attached hydrogens (tertiary/aromatic N) is 1. The molecule has 0 atom stereocenters. The van der Waals surface area contributed by atoms with E-state index in [0.717, 1.165) is 49.4 Å². The molecule has 2 aromatic heterocycles. The summed E-state index contributed by atoms with van der Waals surface area (Å²) in [4.78, 5) is 0. The highest BCUT2D eigenvalue weighted by molar-refractivity contribution is 6.59. The Balaban J connectivity index is 0.000000994. The number of fused-ring (bicyclic) bond motifs is 6. The molecule has 0 fully saturated rings. The van der Waals surface area contributed by atoms with Crippen LogP contribution in [-0.2, 0) is 0 Å². The number of rotatable bonds is 2. The molecule has 0 saturated heterocycles. The maximum atomic E-state index is 9.68. The maximum absolute atomic E-state index is 9.68. The van der Waals surface area contributed by atoms with Gasteiger partial charge in [-0.15, -0.1) is 0 Å². The third-order valence-electron chi connectivity index (χ3n) is 5.60. The highest BCUT2D eigenvalue weighted by atomic mass is 16.4. The van der Waals surface area contributed by atoms with Crippen molar-refractivity contribution in [3.63, 3.8) is 0 Å². The Kier molecular flexibility index (Phi) is 4.77. The van der Waals surface area contributed by atoms with Crippen LogP contribution in [0.3, 0.4) is 0 Å². The SMILES string of the molecule is CC.OB(O)c1ccc2c(c1)c1cc3oc4ccccc4c3cc1n2-c1ccccc1. The van der Waals surface area contributed by atoms with E-state index >= 15 is 0 Å². The first-order chi connectivity index (χ1) is 15.2. The van der Waals surface area contributed by atoms with Gasteiger partial charge in [-0.1, -0.05) is 62.4 Å². The summed E-state index contributed by atoms with van der Waals surface area (Å²) in [5, 5.41) is 23.5. The molecule has 0 aliphatic rings. The molecule has 0 aliphatic carbocycles. The average molecular weight is 407 g/mol. The van der Waals surface area contributed by atoms with E-state index in [2.05, 4.69) is 34.9 Å². The largest absolute Gasteiger partial charge is 0.488 e. The molecule has 0 spiro atoms. The van der Waals surface area contributed by atoms with Crippen LogP contribution >= 0.6 is 0 Å². The molecule has 6 aromatic rings. The van der Waals surface area contributed by atoms with Gasteiger partial charge >= 0.3 is 7.12 Å². The molecule has 0 aliphatic heterocycles. The highest BCUT2D eigenvalue weighted by Crippen LogP contribution is 2.37. The number of furan rings is 1. The predicted octanol–water partition coefficient (Wildman–Crippen LogP) is 5.39. The van der Waals surface area contributed by atoms with E-state index in [-0.39, 0.29) is 0 Å². The number of aromatic nitrogens is 1. The molecule has 4 aromatic carbocycles. The summed E-state index contributed by atoms with van der Waals surface area (Å²) in [6.07, 6.45) is 0. The van der Waals surface area contributed by atoms with Crippen LogP contribution in [0.2, 0.25) is 0 Å². The molecule has 0 bridgehead atoms. The third kappa shape index (κ3) is 3.02. The zero-order valence-corrected chi connectivity index (χ0v) is 17.4. The van der Waals surface area contributed by atoms with E-state index in [1.807, 2.05) is 62.4 Å². The van der Waals surface area contributed by atoms with Gasteiger partial charge in [0.05, 0.1) is 11.0 Å². The predicted molar refractivity (Wildman–Crippen MR) is 129 cm³/mol. The molecule has 6 rings (SSSR count). The Morgan fingerprint density at radius 3 is 2.13 bits per heavy atom. The van der Waals surface area contributed by atoms with Gasteiger partial charge < -0.3 is 19.0 Å². The summed E-state index contributed by atoms with van der Waals surface area (Å²) in [5.74, 6) is 0. The summed E-state index contributed by atoms with van der Waals surface area (Å²) in [5.41, 5.74) is 5.26. The molecular formula is C26H22BNO3. The van der Waals surface area contributed by atoms with Gasteiger partial charge in [0, 0.05) is 27.2 Å². The van der Waals surface area contributed by atoms with Crippen molar-refractivity contribution in [3.8, 4) is 5.69 Å². The Morgan fingerprint density at radius 2 is 1.35 bits per heavy atom. The minimum atomic E-state index is -1.51. The molecule has 2 heterocycles. The number of hydrogen-bond donors (Lipinski definition) is 2. The fourth-order valence-corrected chi connectivity index (χ4v) is 4.27. The standard InChI is InChI=1S/C24H16BNO3.C2H6/c27-25(28)15-10-11-21-18(12-15)19-14-24-20(17-8-4-5-9-23(17)29-24)13-22(19)26(21)16-6-2-1-3-7-16;1-2/h1-14,27-28H;1-2H3. The van der Waals surface area contributed by atoms with Gasteiger partial charge in [-0.3, -0.25) is 0 Å². The van der Waals surface area contributed by atoms with E-state index in [0.29, 0.717) is 5.46 Å². The molecule has 0 radical (unpaired) electrons. The lowest BCUT2D eigenvalue weighted by atomic mass is 9.80. The van der Waals surface area contributed by atoms with Gasteiger partial charge in [-0.2, -0.15) is 0 Å². The Labute approximate surface area is 180 Å². The fourth-order valence-electron chi connectivity index (χ4n) is 4.27. The van der Waals surface area contributed by atoms with Crippen LogP contribution in [0.4, 0.5) is 0 Å². The molecule has 152 valence electrons. The zero-order chi connectivity index (χ0) is 21.5. The zero-order valence-electron chi connectivity index (χ0n) is 17.4. The van der Waals surface area contributed by atoms with E-state index in [1.54, 1.807) is 6.07 Å². The monoisotopic (exact) mass is 407 g/mol. The van der Waals surface area contributed by atoms with E-state index < -0.39 is 7.12 Å². The van der Waals surface area contributed by atoms with Gasteiger partial charge in [0.2, 0.25) is 0 Å². The lowest BCUT2D eigenvalue weighted by Gasteiger charge is -2.08. The van der Waals surface area contributed by atoms with Crippen LogP contribution in [0, 0.1) is 0 Å². The summed E-state index contributed by atoms with van der Waals surface area (Å²) in [6, 6.07) is 28.0. The first kappa shape index (κ1) is 19.4. The molecule has 4 nitrogen and oxygen atoms in total. The van der Waals surface area contributed by atoms with Crippen LogP contribution in [0.15, 0.2) is 89.3 Å². The van der Waals surface area contributed by atoms with Crippen LogP contribution in [0.5, 0.6) is 0 Å². The van der Waals surface area contributed by atoms with Crippen molar-refractivity contribution >= 4 is 56.3 Å². The van der Waals surface area contributed by atoms with Crippen molar-refractivity contribution in [3.05, 3.63) is 84.9 Å². The van der Waals surface area contributed by atoms with Crippen LogP contribution < -0.4 is 5.46 Å². The van der Waals surface area contributed by atoms with Crippen molar-refractivity contribution < 1.29 is 14.5 Å². The number of benzene rings is 4. The topological polar surface area (TPSA) is 58.5 Å². The van der Waals surface area contributed by atoms with E-state index in [4.69, 9.17) is 4.42 Å². The molecular weight excluding hydrogens is 385 g/mol. The molecule has 0 saturated carbocycles. The minimum Gasteiger partial charge on any atom is -0.456 e. The average Bonchev–Trinajstić information content (AvgIpc) is 3.34. The molecule has 2 N–H and O–H groups in total. The maximum Gasteiger partial charge on any atom is 0.488 e. The van der Waals surface area contributed by atoms with Crippen molar-refractivity contribution in [1.82, 2.24) is 4.57 Å². The lowest BCUT2D eigenvalue weighted by molar-refractivity contribution is 0.426. The van der Waals surface area contributed by atoms with Gasteiger partial charge in [0.25, 0.3) is 0 Å². The fraction of sp³-hybridized carbons (Fsp3) is 0.0769. The lowest BCUT2D eigenvalue weighted by Crippen LogP contribution is -2.29. The van der Waals surface area contributed by atoms with Crippen molar-refractivity contribution in [2.45, 2.75) is 13.8 Å². The molecule has 31 heavy (non-hydrogen) atoms. The van der Waals surface area contributed by atoms with Crippen molar-refractivity contribution in [2.75, 3.05) is 0 Å². The molecule has 0 unspecified atom stereocenters. The second-order valence-electron chi connectivity index (χ2n) is 7.28. The van der Waals surface area contributed by atoms with Crippen LogP contribution in [-0.4, -0.2) is 21.7 Å². The first-order valence-corrected chi connectivity index (χ1v) is 10.5. The highest BCUT2D eigenvalue weighted by Gasteiger charge is 2.18. The summed E-state index contributed by atoms with van der Waals surface area (Å²) in [7, 11) is -1.51. The van der Waals surface area contributed by atoms with Gasteiger partial charge in [0.1, 0.15) is 11.2 Å². The number of para-hydroxylation sites is 2. The Morgan fingerprint density at radius 1 is 0.645 bits per heavy atom. The summed E-state index contributed by atoms with van der Waals surface area (Å²) in [6.45, 7) is 4.00.